The predicted molar refractivity (Wildman–Crippen MR) is 130 cm³/mol. The van der Waals surface area contributed by atoms with E-state index in [4.69, 9.17) is 14.2 Å². The molecule has 0 fully saturated rings. The molecule has 2 heterocycles. The summed E-state index contributed by atoms with van der Waals surface area (Å²) < 4.78 is 17.9. The van der Waals surface area contributed by atoms with E-state index in [9.17, 15) is 14.4 Å². The molecule has 3 rings (SSSR count). The molecular weight excluding hydrogens is 450 g/mol. The van der Waals surface area contributed by atoms with Crippen molar-refractivity contribution >= 4 is 18.2 Å². The number of ether oxygens (including phenoxy) is 3. The Hall–Kier alpha value is -3.49. The Morgan fingerprint density at radius 3 is 2.26 bits per heavy atom. The van der Waals surface area contributed by atoms with E-state index in [1.165, 1.54) is 0 Å². The minimum atomic E-state index is -0.681. The van der Waals surface area contributed by atoms with Gasteiger partial charge in [-0.05, 0) is 58.7 Å². The molecule has 1 aliphatic rings. The van der Waals surface area contributed by atoms with Crippen molar-refractivity contribution in [3.05, 3.63) is 58.9 Å². The largest absolute Gasteiger partial charge is 0.461 e. The summed E-state index contributed by atoms with van der Waals surface area (Å²) in [6.07, 6.45) is -0.616. The summed E-state index contributed by atoms with van der Waals surface area (Å²) in [7, 11) is 0. The van der Waals surface area contributed by atoms with Gasteiger partial charge in [0.15, 0.2) is 0 Å². The van der Waals surface area contributed by atoms with Crippen LogP contribution in [0, 0.1) is 0 Å². The summed E-state index contributed by atoms with van der Waals surface area (Å²) in [5.74, 6) is -0.431. The maximum absolute atomic E-state index is 12.6. The van der Waals surface area contributed by atoms with Gasteiger partial charge in [0, 0.05) is 18.7 Å². The molecule has 1 N–H and O–H groups in total. The topological polar surface area (TPSA) is 99.1 Å². The number of esters is 1. The van der Waals surface area contributed by atoms with E-state index in [1.807, 2.05) is 57.2 Å². The van der Waals surface area contributed by atoms with Crippen LogP contribution in [-0.2, 0) is 45.0 Å². The summed E-state index contributed by atoms with van der Waals surface area (Å²) in [6, 6.07) is 11.2. The van der Waals surface area contributed by atoms with E-state index >= 15 is 0 Å². The lowest BCUT2D eigenvalue weighted by Crippen LogP contribution is -2.41. The van der Waals surface area contributed by atoms with E-state index in [-0.39, 0.29) is 13.0 Å². The molecule has 0 saturated carbocycles. The standard InChI is InChI=1S/C26H35N3O6/c1-25(2,3)34-23(31)27-29-20(15-22(30)33-17-18-10-8-7-9-11-18)14-19-16-28(13-12-21(19)29)24(32)35-26(4,5)6/h7-11,14H,12-13,15-17H2,1-6H3,(H,27,31). The smallest absolute Gasteiger partial charge is 0.426 e. The maximum Gasteiger partial charge on any atom is 0.426 e. The molecule has 0 unspecified atom stereocenters. The maximum atomic E-state index is 12.6. The SMILES string of the molecule is CC(C)(C)OC(=O)Nn1c(CC(=O)OCc2ccccc2)cc2c1CCN(C(=O)OC(C)(C)C)C2. The minimum Gasteiger partial charge on any atom is -0.461 e. The van der Waals surface area contributed by atoms with E-state index in [0.29, 0.717) is 25.2 Å². The molecule has 0 spiro atoms. The molecule has 1 aliphatic heterocycles. The van der Waals surface area contributed by atoms with E-state index in [2.05, 4.69) is 5.43 Å². The van der Waals surface area contributed by atoms with E-state index in [1.54, 1.807) is 30.3 Å². The van der Waals surface area contributed by atoms with Crippen molar-refractivity contribution in [1.82, 2.24) is 9.58 Å². The van der Waals surface area contributed by atoms with Crippen molar-refractivity contribution in [2.45, 2.75) is 78.7 Å². The fraction of sp³-hybridized carbons (Fsp3) is 0.500. The van der Waals surface area contributed by atoms with Gasteiger partial charge in [0.05, 0.1) is 18.7 Å². The first-order chi connectivity index (χ1) is 16.3. The Morgan fingerprint density at radius 2 is 1.63 bits per heavy atom. The second kappa shape index (κ2) is 10.4. The number of aromatic nitrogens is 1. The molecule has 0 bridgehead atoms. The zero-order valence-electron chi connectivity index (χ0n) is 21.3. The lowest BCUT2D eigenvalue weighted by Gasteiger charge is -2.30. The molecule has 190 valence electrons. The van der Waals surface area contributed by atoms with Crippen LogP contribution in [0.15, 0.2) is 36.4 Å². The van der Waals surface area contributed by atoms with Crippen LogP contribution in [0.1, 0.15) is 64.1 Å². The first-order valence-electron chi connectivity index (χ1n) is 11.7. The van der Waals surface area contributed by atoms with Gasteiger partial charge in [0.2, 0.25) is 0 Å². The first-order valence-corrected chi connectivity index (χ1v) is 11.7. The van der Waals surface area contributed by atoms with Crippen LogP contribution in [0.5, 0.6) is 0 Å². The van der Waals surface area contributed by atoms with Crippen molar-refractivity contribution in [3.63, 3.8) is 0 Å². The van der Waals surface area contributed by atoms with E-state index < -0.39 is 29.4 Å². The average Bonchev–Trinajstić information content (AvgIpc) is 3.06. The fourth-order valence-corrected chi connectivity index (χ4v) is 3.68. The van der Waals surface area contributed by atoms with Gasteiger partial charge in [0.1, 0.15) is 17.8 Å². The Labute approximate surface area is 206 Å². The number of rotatable bonds is 5. The Kier molecular flexibility index (Phi) is 7.77. The lowest BCUT2D eigenvalue weighted by molar-refractivity contribution is -0.144. The van der Waals surface area contributed by atoms with Gasteiger partial charge >= 0.3 is 18.2 Å². The zero-order chi connectivity index (χ0) is 25.8. The van der Waals surface area contributed by atoms with Gasteiger partial charge in [-0.2, -0.15) is 0 Å². The van der Waals surface area contributed by atoms with Gasteiger partial charge < -0.3 is 19.1 Å². The minimum absolute atomic E-state index is 0.0535. The van der Waals surface area contributed by atoms with Crippen LogP contribution in [0.2, 0.25) is 0 Å². The monoisotopic (exact) mass is 485 g/mol. The quantitative estimate of drug-likeness (QED) is 0.493. The lowest BCUT2D eigenvalue weighted by atomic mass is 10.1. The summed E-state index contributed by atoms with van der Waals surface area (Å²) in [6.45, 7) is 11.7. The van der Waals surface area contributed by atoms with Crippen molar-refractivity contribution in [1.29, 1.82) is 0 Å². The van der Waals surface area contributed by atoms with Gasteiger partial charge in [-0.15, -0.1) is 0 Å². The summed E-state index contributed by atoms with van der Waals surface area (Å²) >= 11 is 0. The number of fused-ring (bicyclic) bond motifs is 1. The van der Waals surface area contributed by atoms with Gasteiger partial charge in [-0.25, -0.2) is 15.0 Å². The molecule has 0 radical (unpaired) electrons. The number of carbonyl (C=O) groups excluding carboxylic acids is 3. The van der Waals surface area contributed by atoms with Crippen molar-refractivity contribution in [2.75, 3.05) is 12.0 Å². The molecule has 9 heteroatoms. The molecule has 2 amide bonds. The number of hydrogen-bond acceptors (Lipinski definition) is 6. The van der Waals surface area contributed by atoms with Gasteiger partial charge in [0.25, 0.3) is 0 Å². The molecule has 0 atom stereocenters. The number of amides is 2. The molecule has 9 nitrogen and oxygen atoms in total. The second-order valence-electron chi connectivity index (χ2n) is 10.5. The zero-order valence-corrected chi connectivity index (χ0v) is 21.3. The number of nitrogens with zero attached hydrogens (tertiary/aromatic N) is 2. The highest BCUT2D eigenvalue weighted by molar-refractivity contribution is 5.78. The summed E-state index contributed by atoms with van der Waals surface area (Å²) in [4.78, 5) is 39.4. The normalized spacial score (nSPS) is 13.6. The van der Waals surface area contributed by atoms with Crippen LogP contribution in [0.4, 0.5) is 9.59 Å². The molecule has 0 aliphatic carbocycles. The van der Waals surface area contributed by atoms with Crippen LogP contribution in [0.25, 0.3) is 0 Å². The third-order valence-electron chi connectivity index (χ3n) is 5.07. The number of carbonyl (C=O) groups is 3. The molecular formula is C26H35N3O6. The van der Waals surface area contributed by atoms with Crippen LogP contribution in [0.3, 0.4) is 0 Å². The molecule has 1 aromatic heterocycles. The predicted octanol–water partition coefficient (Wildman–Crippen LogP) is 4.55. The first kappa shape index (κ1) is 26.1. The third-order valence-corrected chi connectivity index (χ3v) is 5.07. The van der Waals surface area contributed by atoms with Gasteiger partial charge in [-0.3, -0.25) is 9.47 Å². The number of hydrogen-bond donors (Lipinski definition) is 1. The fourth-order valence-electron chi connectivity index (χ4n) is 3.68. The van der Waals surface area contributed by atoms with Crippen molar-refractivity contribution < 1.29 is 28.6 Å². The Balaban J connectivity index is 1.78. The summed E-state index contributed by atoms with van der Waals surface area (Å²) in [5, 5.41) is 0. The third kappa shape index (κ3) is 7.77. The highest BCUT2D eigenvalue weighted by atomic mass is 16.6. The number of nitrogens with one attached hydrogen (secondary N) is 1. The van der Waals surface area contributed by atoms with Crippen LogP contribution < -0.4 is 5.43 Å². The second-order valence-corrected chi connectivity index (χ2v) is 10.5. The van der Waals surface area contributed by atoms with Crippen LogP contribution in [-0.4, -0.2) is 45.5 Å². The molecule has 2 aromatic rings. The highest BCUT2D eigenvalue weighted by Crippen LogP contribution is 2.25. The molecule has 35 heavy (non-hydrogen) atoms. The summed E-state index contributed by atoms with van der Waals surface area (Å²) in [5.41, 5.74) is 4.53. The Bertz CT molecular complexity index is 1060. The number of benzene rings is 1. The molecule has 0 saturated heterocycles. The Morgan fingerprint density at radius 1 is 0.971 bits per heavy atom. The average molecular weight is 486 g/mol. The van der Waals surface area contributed by atoms with Crippen molar-refractivity contribution in [2.24, 2.45) is 0 Å². The molecule has 1 aromatic carbocycles. The highest BCUT2D eigenvalue weighted by Gasteiger charge is 2.30. The van der Waals surface area contributed by atoms with Gasteiger partial charge in [-0.1, -0.05) is 30.3 Å². The van der Waals surface area contributed by atoms with Crippen molar-refractivity contribution in [3.8, 4) is 0 Å². The van der Waals surface area contributed by atoms with Crippen LogP contribution >= 0.6 is 0 Å². The van der Waals surface area contributed by atoms with E-state index in [0.717, 1.165) is 16.8 Å².